The molecule has 1 atom stereocenters. The molecule has 1 aromatic rings. The van der Waals surface area contributed by atoms with Crippen LogP contribution in [0.4, 0.5) is 0 Å². The number of nitrogens with one attached hydrogen (secondary N) is 2. The summed E-state index contributed by atoms with van der Waals surface area (Å²) in [5.74, 6) is 0. The highest BCUT2D eigenvalue weighted by atomic mass is 16.1. The Labute approximate surface area is 52.1 Å². The van der Waals surface area contributed by atoms with Gasteiger partial charge in [0.15, 0.2) is 0 Å². The zero-order valence-corrected chi connectivity index (χ0v) is 5.14. The molecule has 0 fully saturated rings. The molecule has 0 aliphatic heterocycles. The van der Waals surface area contributed by atoms with Gasteiger partial charge in [-0.05, 0) is 6.92 Å². The van der Waals surface area contributed by atoms with Gasteiger partial charge in [-0.1, -0.05) is 0 Å². The second-order valence-electron chi connectivity index (χ2n) is 1.99. The monoisotopic (exact) mass is 127 g/mol. The zero-order chi connectivity index (χ0) is 6.85. The van der Waals surface area contributed by atoms with E-state index in [4.69, 9.17) is 5.73 Å². The van der Waals surface area contributed by atoms with E-state index in [0.29, 0.717) is 0 Å². The number of aromatic amines is 2. The number of imidazole rings is 1. The molecule has 0 amide bonds. The van der Waals surface area contributed by atoms with Crippen molar-refractivity contribution in [3.05, 3.63) is 22.4 Å². The van der Waals surface area contributed by atoms with Crippen molar-refractivity contribution < 1.29 is 0 Å². The molecule has 1 rings (SSSR count). The Bertz CT molecular complexity index is 234. The van der Waals surface area contributed by atoms with E-state index in [-0.39, 0.29) is 11.7 Å². The summed E-state index contributed by atoms with van der Waals surface area (Å²) in [6.07, 6.45) is 1.58. The molecule has 1 heterocycles. The Morgan fingerprint density at radius 3 is 2.67 bits per heavy atom. The Kier molecular flexibility index (Phi) is 1.40. The summed E-state index contributed by atoms with van der Waals surface area (Å²) in [6.45, 7) is 1.80. The van der Waals surface area contributed by atoms with E-state index in [2.05, 4.69) is 9.97 Å². The van der Waals surface area contributed by atoms with Crippen LogP contribution in [0, 0.1) is 0 Å². The maximum absolute atomic E-state index is 10.4. The molecule has 0 saturated carbocycles. The van der Waals surface area contributed by atoms with Gasteiger partial charge in [0.2, 0.25) is 0 Å². The van der Waals surface area contributed by atoms with Crippen LogP contribution in [0.15, 0.2) is 11.0 Å². The van der Waals surface area contributed by atoms with Gasteiger partial charge < -0.3 is 15.7 Å². The van der Waals surface area contributed by atoms with E-state index in [1.165, 1.54) is 0 Å². The molecular weight excluding hydrogens is 118 g/mol. The lowest BCUT2D eigenvalue weighted by atomic mass is 10.3. The average Bonchev–Trinajstić information content (AvgIpc) is 2.14. The minimum absolute atomic E-state index is 0.107. The van der Waals surface area contributed by atoms with E-state index in [1.807, 2.05) is 0 Å². The van der Waals surface area contributed by atoms with Crippen molar-refractivity contribution in [1.29, 1.82) is 0 Å². The first-order valence-electron chi connectivity index (χ1n) is 2.73. The van der Waals surface area contributed by atoms with Crippen LogP contribution in [0.3, 0.4) is 0 Å². The smallest absolute Gasteiger partial charge is 0.323 e. The molecule has 9 heavy (non-hydrogen) atoms. The van der Waals surface area contributed by atoms with Gasteiger partial charge in [0.05, 0.1) is 5.69 Å². The Hall–Kier alpha value is -1.03. The predicted molar refractivity (Wildman–Crippen MR) is 34.0 cm³/mol. The van der Waals surface area contributed by atoms with Crippen LogP contribution in [-0.4, -0.2) is 9.97 Å². The van der Waals surface area contributed by atoms with Crippen LogP contribution >= 0.6 is 0 Å². The summed E-state index contributed by atoms with van der Waals surface area (Å²) in [5.41, 5.74) is 5.97. The van der Waals surface area contributed by atoms with Gasteiger partial charge in [0.1, 0.15) is 0 Å². The number of hydrogen-bond acceptors (Lipinski definition) is 2. The molecule has 4 heteroatoms. The van der Waals surface area contributed by atoms with Gasteiger partial charge in [-0.3, -0.25) is 0 Å². The summed E-state index contributed by atoms with van der Waals surface area (Å²) in [5, 5.41) is 0. The van der Waals surface area contributed by atoms with Crippen LogP contribution in [0.2, 0.25) is 0 Å². The van der Waals surface area contributed by atoms with Crippen molar-refractivity contribution in [3.63, 3.8) is 0 Å². The molecule has 0 radical (unpaired) electrons. The van der Waals surface area contributed by atoms with Crippen molar-refractivity contribution in [2.75, 3.05) is 0 Å². The third-order valence-electron chi connectivity index (χ3n) is 1.11. The first-order chi connectivity index (χ1) is 4.20. The second kappa shape index (κ2) is 2.06. The summed E-state index contributed by atoms with van der Waals surface area (Å²) in [6, 6.07) is -0.107. The second-order valence-corrected chi connectivity index (χ2v) is 1.99. The number of rotatable bonds is 1. The van der Waals surface area contributed by atoms with E-state index < -0.39 is 0 Å². The van der Waals surface area contributed by atoms with Gasteiger partial charge in [-0.15, -0.1) is 0 Å². The van der Waals surface area contributed by atoms with Crippen LogP contribution in [0.25, 0.3) is 0 Å². The third-order valence-corrected chi connectivity index (χ3v) is 1.11. The molecule has 1 unspecified atom stereocenters. The lowest BCUT2D eigenvalue weighted by molar-refractivity contribution is 0.786. The fourth-order valence-electron chi connectivity index (χ4n) is 0.592. The summed E-state index contributed by atoms with van der Waals surface area (Å²) < 4.78 is 0. The normalized spacial score (nSPS) is 13.6. The number of H-pyrrole nitrogens is 2. The van der Waals surface area contributed by atoms with E-state index in [0.717, 1.165) is 5.69 Å². The number of hydrogen-bond donors (Lipinski definition) is 3. The number of nitrogens with two attached hydrogens (primary N) is 1. The molecule has 0 saturated heterocycles. The Morgan fingerprint density at radius 2 is 2.44 bits per heavy atom. The summed E-state index contributed by atoms with van der Waals surface area (Å²) in [7, 11) is 0. The van der Waals surface area contributed by atoms with Crippen LogP contribution in [-0.2, 0) is 0 Å². The molecule has 4 nitrogen and oxygen atoms in total. The van der Waals surface area contributed by atoms with Crippen molar-refractivity contribution in [1.82, 2.24) is 9.97 Å². The SMILES string of the molecule is CC(N)c1c[nH]c(=O)[nH]1. The van der Waals surface area contributed by atoms with Crippen LogP contribution in [0.1, 0.15) is 18.7 Å². The van der Waals surface area contributed by atoms with Crippen LogP contribution < -0.4 is 11.4 Å². The Morgan fingerprint density at radius 1 is 1.78 bits per heavy atom. The average molecular weight is 127 g/mol. The zero-order valence-electron chi connectivity index (χ0n) is 5.14. The maximum Gasteiger partial charge on any atom is 0.323 e. The molecular formula is C5H9N3O. The summed E-state index contributed by atoms with van der Waals surface area (Å²) >= 11 is 0. The molecule has 0 bridgehead atoms. The molecule has 0 aliphatic rings. The van der Waals surface area contributed by atoms with Gasteiger partial charge >= 0.3 is 5.69 Å². The van der Waals surface area contributed by atoms with Crippen molar-refractivity contribution >= 4 is 0 Å². The lowest BCUT2D eigenvalue weighted by Gasteiger charge is -1.96. The molecule has 4 N–H and O–H groups in total. The van der Waals surface area contributed by atoms with E-state index in [1.54, 1.807) is 13.1 Å². The van der Waals surface area contributed by atoms with Gasteiger partial charge in [0, 0.05) is 12.2 Å². The highest BCUT2D eigenvalue weighted by Crippen LogP contribution is 1.98. The Balaban J connectivity index is 2.98. The quantitative estimate of drug-likeness (QED) is 0.485. The number of aromatic nitrogens is 2. The molecule has 50 valence electrons. The van der Waals surface area contributed by atoms with Crippen molar-refractivity contribution in [3.8, 4) is 0 Å². The highest BCUT2D eigenvalue weighted by molar-refractivity contribution is 4.98. The van der Waals surface area contributed by atoms with Gasteiger partial charge in [-0.25, -0.2) is 4.79 Å². The molecule has 0 aliphatic carbocycles. The largest absolute Gasteiger partial charge is 0.323 e. The van der Waals surface area contributed by atoms with E-state index >= 15 is 0 Å². The van der Waals surface area contributed by atoms with Gasteiger partial charge in [-0.2, -0.15) is 0 Å². The molecule has 0 spiro atoms. The van der Waals surface area contributed by atoms with Crippen LogP contribution in [0.5, 0.6) is 0 Å². The minimum atomic E-state index is -0.206. The molecule has 1 aromatic heterocycles. The summed E-state index contributed by atoms with van der Waals surface area (Å²) in [4.78, 5) is 15.4. The molecule has 0 aromatic carbocycles. The fourth-order valence-corrected chi connectivity index (χ4v) is 0.592. The van der Waals surface area contributed by atoms with Crippen molar-refractivity contribution in [2.45, 2.75) is 13.0 Å². The first-order valence-corrected chi connectivity index (χ1v) is 2.73. The highest BCUT2D eigenvalue weighted by Gasteiger charge is 1.98. The minimum Gasteiger partial charge on any atom is -0.323 e. The fraction of sp³-hybridized carbons (Fsp3) is 0.400. The van der Waals surface area contributed by atoms with Crippen molar-refractivity contribution in [2.24, 2.45) is 5.73 Å². The maximum atomic E-state index is 10.4. The lowest BCUT2D eigenvalue weighted by Crippen LogP contribution is -2.08. The standard InChI is InChI=1S/C5H9N3O/c1-3(6)4-2-7-5(9)8-4/h2-3H,6H2,1H3,(H2,7,8,9). The third kappa shape index (κ3) is 1.20. The topological polar surface area (TPSA) is 74.7 Å². The predicted octanol–water partition coefficient (Wildman–Crippen LogP) is -0.277. The van der Waals surface area contributed by atoms with Gasteiger partial charge in [0.25, 0.3) is 0 Å². The first kappa shape index (κ1) is 6.10. The van der Waals surface area contributed by atoms with E-state index in [9.17, 15) is 4.79 Å².